The molecule has 3 N–H and O–H groups in total. The molecule has 1 aromatic rings. The minimum absolute atomic E-state index is 0.184. The van der Waals surface area contributed by atoms with Crippen molar-refractivity contribution in [1.29, 1.82) is 0 Å². The fourth-order valence-electron chi connectivity index (χ4n) is 1.75. The van der Waals surface area contributed by atoms with Gasteiger partial charge in [0.1, 0.15) is 0 Å². The average molecular weight is 255 g/mol. The maximum Gasteiger partial charge on any atom is 0.203 e. The Morgan fingerprint density at radius 1 is 1.11 bits per heavy atom. The zero-order chi connectivity index (χ0) is 13.8. The smallest absolute Gasteiger partial charge is 0.203 e. The van der Waals surface area contributed by atoms with Crippen molar-refractivity contribution in [2.75, 3.05) is 27.9 Å². The van der Waals surface area contributed by atoms with Gasteiger partial charge in [-0.25, -0.2) is 0 Å². The van der Waals surface area contributed by atoms with Crippen LogP contribution in [0.3, 0.4) is 0 Å². The lowest BCUT2D eigenvalue weighted by atomic mass is 9.96. The van der Waals surface area contributed by atoms with Gasteiger partial charge >= 0.3 is 0 Å². The van der Waals surface area contributed by atoms with Gasteiger partial charge in [-0.15, -0.1) is 0 Å². The average Bonchev–Trinajstić information content (AvgIpc) is 2.37. The van der Waals surface area contributed by atoms with Gasteiger partial charge in [-0.2, -0.15) is 0 Å². The van der Waals surface area contributed by atoms with Crippen molar-refractivity contribution < 1.29 is 19.3 Å². The van der Waals surface area contributed by atoms with Crippen molar-refractivity contribution in [2.24, 2.45) is 5.73 Å². The molecule has 0 saturated heterocycles. The first-order chi connectivity index (χ1) is 8.47. The Morgan fingerprint density at radius 2 is 1.61 bits per heavy atom. The van der Waals surface area contributed by atoms with Crippen LogP contribution >= 0.6 is 0 Å². The number of rotatable bonds is 6. The number of benzene rings is 1. The third kappa shape index (κ3) is 3.27. The molecule has 0 amide bonds. The fraction of sp³-hybridized carbons (Fsp3) is 0.538. The van der Waals surface area contributed by atoms with Crippen molar-refractivity contribution in [1.82, 2.24) is 0 Å². The molecule has 0 aliphatic rings. The first-order valence-electron chi connectivity index (χ1n) is 5.68. The van der Waals surface area contributed by atoms with E-state index in [1.54, 1.807) is 28.3 Å². The lowest BCUT2D eigenvalue weighted by Crippen LogP contribution is -2.36. The summed E-state index contributed by atoms with van der Waals surface area (Å²) in [5, 5.41) is 9.99. The van der Waals surface area contributed by atoms with E-state index in [0.717, 1.165) is 5.56 Å². The summed E-state index contributed by atoms with van der Waals surface area (Å²) in [5.74, 6) is 1.68. The number of aliphatic hydroxyl groups is 1. The van der Waals surface area contributed by atoms with Gasteiger partial charge in [0.2, 0.25) is 5.75 Å². The highest BCUT2D eigenvalue weighted by Gasteiger charge is 2.21. The fourth-order valence-corrected chi connectivity index (χ4v) is 1.75. The van der Waals surface area contributed by atoms with Crippen LogP contribution in [0.2, 0.25) is 0 Å². The summed E-state index contributed by atoms with van der Waals surface area (Å²) in [6.07, 6.45) is 0.417. The van der Waals surface area contributed by atoms with Gasteiger partial charge in [-0.1, -0.05) is 0 Å². The number of hydrogen-bond donors (Lipinski definition) is 2. The second-order valence-electron chi connectivity index (χ2n) is 4.41. The minimum Gasteiger partial charge on any atom is -0.493 e. The van der Waals surface area contributed by atoms with E-state index in [-0.39, 0.29) is 6.54 Å². The second-order valence-corrected chi connectivity index (χ2v) is 4.41. The summed E-state index contributed by atoms with van der Waals surface area (Å²) in [6, 6.07) is 3.62. The molecule has 1 atom stereocenters. The van der Waals surface area contributed by atoms with E-state index in [0.29, 0.717) is 23.7 Å². The van der Waals surface area contributed by atoms with E-state index in [2.05, 4.69) is 0 Å². The zero-order valence-corrected chi connectivity index (χ0v) is 11.3. The first kappa shape index (κ1) is 14.6. The summed E-state index contributed by atoms with van der Waals surface area (Å²) >= 11 is 0. The monoisotopic (exact) mass is 255 g/mol. The predicted octanol–water partition coefficient (Wildman–Crippen LogP) is 0.965. The van der Waals surface area contributed by atoms with Crippen LogP contribution < -0.4 is 19.9 Å². The SMILES string of the molecule is COc1cc(CC(C)(O)CN)cc(OC)c1OC. The molecule has 0 bridgehead atoms. The van der Waals surface area contributed by atoms with Crippen molar-refractivity contribution in [3.05, 3.63) is 17.7 Å². The van der Waals surface area contributed by atoms with Crippen molar-refractivity contribution in [3.63, 3.8) is 0 Å². The van der Waals surface area contributed by atoms with Crippen LogP contribution in [0.15, 0.2) is 12.1 Å². The summed E-state index contributed by atoms with van der Waals surface area (Å²) in [6.45, 7) is 1.87. The Hall–Kier alpha value is -1.46. The molecule has 0 radical (unpaired) electrons. The van der Waals surface area contributed by atoms with Crippen LogP contribution in [0.1, 0.15) is 12.5 Å². The summed E-state index contributed by atoms with van der Waals surface area (Å²) in [5.41, 5.74) is 5.44. The largest absolute Gasteiger partial charge is 0.493 e. The minimum atomic E-state index is -0.954. The maximum atomic E-state index is 9.99. The summed E-state index contributed by atoms with van der Waals surface area (Å²) in [7, 11) is 4.67. The van der Waals surface area contributed by atoms with Crippen LogP contribution in [-0.4, -0.2) is 38.6 Å². The molecule has 1 unspecified atom stereocenters. The molecule has 102 valence electrons. The Labute approximate surface area is 107 Å². The van der Waals surface area contributed by atoms with Crippen LogP contribution in [0.4, 0.5) is 0 Å². The van der Waals surface area contributed by atoms with Crippen LogP contribution in [0.5, 0.6) is 17.2 Å². The molecule has 0 aliphatic carbocycles. The number of methoxy groups -OCH3 is 3. The van der Waals surface area contributed by atoms with Gasteiger partial charge in [-0.05, 0) is 24.6 Å². The molecule has 0 fully saturated rings. The lowest BCUT2D eigenvalue weighted by Gasteiger charge is -2.22. The summed E-state index contributed by atoms with van der Waals surface area (Å²) < 4.78 is 15.7. The molecule has 0 heterocycles. The van der Waals surface area contributed by atoms with Gasteiger partial charge in [-0.3, -0.25) is 0 Å². The van der Waals surface area contributed by atoms with Crippen molar-refractivity contribution in [2.45, 2.75) is 18.9 Å². The number of nitrogens with two attached hydrogens (primary N) is 1. The summed E-state index contributed by atoms with van der Waals surface area (Å²) in [4.78, 5) is 0. The second kappa shape index (κ2) is 5.93. The zero-order valence-electron chi connectivity index (χ0n) is 11.3. The molecule has 5 heteroatoms. The Bertz CT molecular complexity index is 379. The van der Waals surface area contributed by atoms with Crippen LogP contribution in [-0.2, 0) is 6.42 Å². The molecular formula is C13H21NO4. The van der Waals surface area contributed by atoms with Gasteiger partial charge in [0.25, 0.3) is 0 Å². The van der Waals surface area contributed by atoms with Gasteiger partial charge in [0.15, 0.2) is 11.5 Å². The molecular weight excluding hydrogens is 234 g/mol. The third-order valence-electron chi connectivity index (χ3n) is 2.75. The van der Waals surface area contributed by atoms with E-state index >= 15 is 0 Å². The topological polar surface area (TPSA) is 73.9 Å². The van der Waals surface area contributed by atoms with Gasteiger partial charge in [0, 0.05) is 13.0 Å². The van der Waals surface area contributed by atoms with Crippen LogP contribution in [0.25, 0.3) is 0 Å². The maximum absolute atomic E-state index is 9.99. The highest BCUT2D eigenvalue weighted by atomic mass is 16.5. The Kier molecular flexibility index (Phi) is 4.81. The molecule has 0 saturated carbocycles. The Morgan fingerprint density at radius 3 is 1.94 bits per heavy atom. The van der Waals surface area contributed by atoms with E-state index in [1.165, 1.54) is 0 Å². The highest BCUT2D eigenvalue weighted by Crippen LogP contribution is 2.38. The van der Waals surface area contributed by atoms with Gasteiger partial charge < -0.3 is 25.1 Å². The van der Waals surface area contributed by atoms with E-state index in [9.17, 15) is 5.11 Å². The van der Waals surface area contributed by atoms with E-state index < -0.39 is 5.60 Å². The molecule has 0 aromatic heterocycles. The predicted molar refractivity (Wildman–Crippen MR) is 69.5 cm³/mol. The molecule has 1 aromatic carbocycles. The van der Waals surface area contributed by atoms with Gasteiger partial charge in [0.05, 0.1) is 26.9 Å². The highest BCUT2D eigenvalue weighted by molar-refractivity contribution is 5.54. The van der Waals surface area contributed by atoms with Crippen molar-refractivity contribution in [3.8, 4) is 17.2 Å². The van der Waals surface area contributed by atoms with E-state index in [1.807, 2.05) is 12.1 Å². The first-order valence-corrected chi connectivity index (χ1v) is 5.68. The number of hydrogen-bond acceptors (Lipinski definition) is 5. The molecule has 5 nitrogen and oxygen atoms in total. The van der Waals surface area contributed by atoms with Crippen LogP contribution in [0, 0.1) is 0 Å². The standard InChI is InChI=1S/C13H21NO4/c1-13(15,8-14)7-9-5-10(16-2)12(18-4)11(6-9)17-3/h5-6,15H,7-8,14H2,1-4H3. The lowest BCUT2D eigenvalue weighted by molar-refractivity contribution is 0.0695. The number of ether oxygens (including phenoxy) is 3. The molecule has 0 aliphatic heterocycles. The van der Waals surface area contributed by atoms with Crippen molar-refractivity contribution >= 4 is 0 Å². The van der Waals surface area contributed by atoms with E-state index in [4.69, 9.17) is 19.9 Å². The molecule has 1 rings (SSSR count). The quantitative estimate of drug-likeness (QED) is 0.792. The third-order valence-corrected chi connectivity index (χ3v) is 2.75. The molecule has 18 heavy (non-hydrogen) atoms. The normalized spacial score (nSPS) is 13.9. The molecule has 0 spiro atoms. The Balaban J connectivity index is 3.15.